The molecule has 0 saturated heterocycles. The molecule has 98 valence electrons. The Morgan fingerprint density at radius 2 is 1.94 bits per heavy atom. The molecule has 18 heavy (non-hydrogen) atoms. The van der Waals surface area contributed by atoms with Gasteiger partial charge in [0.15, 0.2) is 0 Å². The molecule has 0 spiro atoms. The first-order chi connectivity index (χ1) is 8.43. The molecule has 1 aromatic rings. The predicted octanol–water partition coefficient (Wildman–Crippen LogP) is 2.83. The summed E-state index contributed by atoms with van der Waals surface area (Å²) in [5, 5.41) is 8.57. The summed E-state index contributed by atoms with van der Waals surface area (Å²) in [5.41, 5.74) is 1.00. The van der Waals surface area contributed by atoms with E-state index < -0.39 is 5.97 Å². The molecule has 0 aliphatic heterocycles. The fraction of sp³-hybridized carbons (Fsp3) is 0.385. The molecular formula is C13H16BrNO3. The Hall–Kier alpha value is -1.36. The van der Waals surface area contributed by atoms with Crippen molar-refractivity contribution in [3.8, 4) is 0 Å². The lowest BCUT2D eigenvalue weighted by atomic mass is 10.1. The minimum absolute atomic E-state index is 0.0284. The minimum Gasteiger partial charge on any atom is -0.481 e. The number of carboxylic acids is 1. The first kappa shape index (κ1) is 14.7. The van der Waals surface area contributed by atoms with E-state index in [-0.39, 0.29) is 24.8 Å². The fourth-order valence-electron chi connectivity index (χ4n) is 1.63. The summed E-state index contributed by atoms with van der Waals surface area (Å²) < 4.78 is 0.940. The fourth-order valence-corrected chi connectivity index (χ4v) is 2.24. The highest BCUT2D eigenvalue weighted by atomic mass is 79.9. The van der Waals surface area contributed by atoms with Gasteiger partial charge in [-0.25, -0.2) is 0 Å². The van der Waals surface area contributed by atoms with Crippen molar-refractivity contribution in [2.45, 2.75) is 25.8 Å². The summed E-state index contributed by atoms with van der Waals surface area (Å²) in [4.78, 5) is 23.8. The van der Waals surface area contributed by atoms with E-state index in [1.807, 2.05) is 31.2 Å². The van der Waals surface area contributed by atoms with Crippen molar-refractivity contribution in [3.63, 3.8) is 0 Å². The molecule has 0 bridgehead atoms. The van der Waals surface area contributed by atoms with Crippen molar-refractivity contribution in [3.05, 3.63) is 34.3 Å². The van der Waals surface area contributed by atoms with E-state index in [1.165, 1.54) is 0 Å². The van der Waals surface area contributed by atoms with Crippen LogP contribution in [-0.2, 0) is 9.59 Å². The third kappa shape index (κ3) is 3.84. The summed E-state index contributed by atoms with van der Waals surface area (Å²) >= 11 is 3.44. The number of hydrogen-bond donors (Lipinski definition) is 1. The number of halogens is 1. The van der Waals surface area contributed by atoms with Crippen molar-refractivity contribution in [1.29, 1.82) is 0 Å². The van der Waals surface area contributed by atoms with Crippen LogP contribution in [0.1, 0.15) is 31.4 Å². The summed E-state index contributed by atoms with van der Waals surface area (Å²) in [7, 11) is 1.69. The van der Waals surface area contributed by atoms with Gasteiger partial charge in [0.25, 0.3) is 0 Å². The van der Waals surface area contributed by atoms with Crippen LogP contribution in [0.2, 0.25) is 0 Å². The highest BCUT2D eigenvalue weighted by molar-refractivity contribution is 9.10. The minimum atomic E-state index is -0.953. The molecule has 0 heterocycles. The molecule has 0 aliphatic rings. The normalized spacial score (nSPS) is 11.9. The highest BCUT2D eigenvalue weighted by Gasteiger charge is 2.19. The maximum Gasteiger partial charge on any atom is 0.303 e. The van der Waals surface area contributed by atoms with Crippen LogP contribution in [0, 0.1) is 0 Å². The Labute approximate surface area is 115 Å². The van der Waals surface area contributed by atoms with Crippen LogP contribution in [0.5, 0.6) is 0 Å². The lowest BCUT2D eigenvalue weighted by Gasteiger charge is -2.26. The molecule has 0 aromatic heterocycles. The number of amides is 1. The maximum absolute atomic E-state index is 11.8. The van der Waals surface area contributed by atoms with Crippen LogP contribution in [0.4, 0.5) is 0 Å². The Morgan fingerprint density at radius 3 is 2.50 bits per heavy atom. The Kier molecular flexibility index (Phi) is 5.34. The van der Waals surface area contributed by atoms with E-state index >= 15 is 0 Å². The van der Waals surface area contributed by atoms with E-state index in [1.54, 1.807) is 11.9 Å². The molecule has 0 saturated carbocycles. The van der Waals surface area contributed by atoms with Crippen molar-refractivity contribution >= 4 is 27.8 Å². The van der Waals surface area contributed by atoms with Crippen LogP contribution < -0.4 is 0 Å². The number of carboxylic acid groups (broad SMARTS) is 1. The first-order valence-corrected chi connectivity index (χ1v) is 6.44. The average Bonchev–Trinajstić information content (AvgIpc) is 2.34. The van der Waals surface area contributed by atoms with E-state index in [2.05, 4.69) is 15.9 Å². The Balaban J connectivity index is 2.72. The first-order valence-electron chi connectivity index (χ1n) is 5.65. The number of rotatable bonds is 5. The monoisotopic (exact) mass is 313 g/mol. The van der Waals surface area contributed by atoms with Gasteiger partial charge in [-0.2, -0.15) is 0 Å². The van der Waals surface area contributed by atoms with E-state index in [9.17, 15) is 9.59 Å². The van der Waals surface area contributed by atoms with Gasteiger partial charge in [-0.3, -0.25) is 9.59 Å². The van der Waals surface area contributed by atoms with Gasteiger partial charge < -0.3 is 10.0 Å². The van der Waals surface area contributed by atoms with Gasteiger partial charge in [-0.1, -0.05) is 34.1 Å². The Morgan fingerprint density at radius 1 is 1.33 bits per heavy atom. The second-order valence-electron chi connectivity index (χ2n) is 4.10. The zero-order valence-corrected chi connectivity index (χ0v) is 12.0. The molecule has 5 heteroatoms. The van der Waals surface area contributed by atoms with E-state index in [0.717, 1.165) is 10.0 Å². The van der Waals surface area contributed by atoms with Crippen molar-refractivity contribution < 1.29 is 14.7 Å². The molecule has 0 fully saturated rings. The zero-order valence-electron chi connectivity index (χ0n) is 10.4. The van der Waals surface area contributed by atoms with Crippen molar-refractivity contribution in [1.82, 2.24) is 4.90 Å². The lowest BCUT2D eigenvalue weighted by Crippen LogP contribution is -2.30. The van der Waals surface area contributed by atoms with Crippen molar-refractivity contribution in [2.24, 2.45) is 0 Å². The summed E-state index contributed by atoms with van der Waals surface area (Å²) in [6, 6.07) is 7.58. The van der Waals surface area contributed by atoms with Crippen LogP contribution in [-0.4, -0.2) is 28.9 Å². The van der Waals surface area contributed by atoms with Gasteiger partial charge in [0.2, 0.25) is 5.91 Å². The molecule has 4 nitrogen and oxygen atoms in total. The second kappa shape index (κ2) is 6.54. The van der Waals surface area contributed by atoms with Crippen LogP contribution in [0.3, 0.4) is 0 Å². The lowest BCUT2D eigenvalue weighted by molar-refractivity contribution is -0.141. The summed E-state index contributed by atoms with van der Waals surface area (Å²) in [6.45, 7) is 1.92. The quantitative estimate of drug-likeness (QED) is 0.909. The highest BCUT2D eigenvalue weighted by Crippen LogP contribution is 2.26. The van der Waals surface area contributed by atoms with Gasteiger partial charge in [-0.15, -0.1) is 0 Å². The number of carbonyl (C=O) groups excluding carboxylic acids is 1. The molecule has 1 aromatic carbocycles. The third-order valence-electron chi connectivity index (χ3n) is 2.88. The molecule has 0 radical (unpaired) electrons. The predicted molar refractivity (Wildman–Crippen MR) is 72.2 cm³/mol. The van der Waals surface area contributed by atoms with Gasteiger partial charge >= 0.3 is 5.97 Å². The number of hydrogen-bond acceptors (Lipinski definition) is 2. The zero-order chi connectivity index (χ0) is 13.7. The largest absolute Gasteiger partial charge is 0.481 e. The number of benzene rings is 1. The number of carbonyl (C=O) groups is 2. The Bertz CT molecular complexity index is 448. The molecule has 1 rings (SSSR count). The molecular weight excluding hydrogens is 298 g/mol. The van der Waals surface area contributed by atoms with E-state index in [0.29, 0.717) is 0 Å². The number of nitrogens with zero attached hydrogens (tertiary/aromatic N) is 1. The van der Waals surface area contributed by atoms with Gasteiger partial charge in [0.05, 0.1) is 12.5 Å². The van der Waals surface area contributed by atoms with Gasteiger partial charge in [0.1, 0.15) is 0 Å². The summed E-state index contributed by atoms with van der Waals surface area (Å²) in [5.74, 6) is -1.12. The van der Waals surface area contributed by atoms with Gasteiger partial charge in [0, 0.05) is 17.9 Å². The van der Waals surface area contributed by atoms with Crippen LogP contribution in [0.25, 0.3) is 0 Å². The number of aliphatic carboxylic acids is 1. The topological polar surface area (TPSA) is 57.6 Å². The van der Waals surface area contributed by atoms with E-state index in [4.69, 9.17) is 5.11 Å². The SMILES string of the molecule is CC(c1ccccc1Br)N(C)C(=O)CCC(=O)O. The standard InChI is InChI=1S/C13H16BrNO3/c1-9(10-5-3-4-6-11(10)14)15(2)12(16)7-8-13(17)18/h3-6,9H,7-8H2,1-2H3,(H,17,18). The molecule has 1 amide bonds. The maximum atomic E-state index is 11.8. The van der Waals surface area contributed by atoms with Crippen molar-refractivity contribution in [2.75, 3.05) is 7.05 Å². The second-order valence-corrected chi connectivity index (χ2v) is 4.95. The smallest absolute Gasteiger partial charge is 0.303 e. The average molecular weight is 314 g/mol. The van der Waals surface area contributed by atoms with Crippen LogP contribution in [0.15, 0.2) is 28.7 Å². The molecule has 1 atom stereocenters. The molecule has 1 N–H and O–H groups in total. The molecule has 1 unspecified atom stereocenters. The van der Waals surface area contributed by atoms with Gasteiger partial charge in [-0.05, 0) is 18.6 Å². The van der Waals surface area contributed by atoms with Crippen LogP contribution >= 0.6 is 15.9 Å². The third-order valence-corrected chi connectivity index (χ3v) is 3.60. The summed E-state index contributed by atoms with van der Waals surface area (Å²) in [6.07, 6.45) is -0.105. The molecule has 0 aliphatic carbocycles.